The summed E-state index contributed by atoms with van der Waals surface area (Å²) in [6.07, 6.45) is 3.13. The van der Waals surface area contributed by atoms with Gasteiger partial charge >= 0.3 is 0 Å². The first-order valence-electron chi connectivity index (χ1n) is 5.37. The van der Waals surface area contributed by atoms with Gasteiger partial charge in [-0.15, -0.1) is 0 Å². The number of aromatic hydroxyl groups is 1. The van der Waals surface area contributed by atoms with Crippen LogP contribution in [0.3, 0.4) is 0 Å². The Labute approximate surface area is 90.1 Å². The molecular weight excluding hydrogens is 190 g/mol. The van der Waals surface area contributed by atoms with Crippen LogP contribution in [-0.4, -0.2) is 24.9 Å². The quantitative estimate of drug-likeness (QED) is 0.746. The van der Waals surface area contributed by atoms with Gasteiger partial charge in [0.25, 0.3) is 0 Å². The molecule has 0 saturated carbocycles. The Morgan fingerprint density at radius 2 is 2.40 bits per heavy atom. The van der Waals surface area contributed by atoms with Crippen LogP contribution in [0.4, 0.5) is 5.69 Å². The molecule has 15 heavy (non-hydrogen) atoms. The SMILES string of the molecule is COCCC1CCc2cccc(O)c2N1. The van der Waals surface area contributed by atoms with Crippen LogP contribution in [-0.2, 0) is 11.2 Å². The summed E-state index contributed by atoms with van der Waals surface area (Å²) in [5.41, 5.74) is 2.12. The van der Waals surface area contributed by atoms with Crippen LogP contribution < -0.4 is 5.32 Å². The molecule has 1 aliphatic heterocycles. The van der Waals surface area contributed by atoms with Gasteiger partial charge in [0.1, 0.15) is 5.75 Å². The van der Waals surface area contributed by atoms with Crippen molar-refractivity contribution < 1.29 is 9.84 Å². The van der Waals surface area contributed by atoms with E-state index < -0.39 is 0 Å². The minimum atomic E-state index is 0.356. The normalized spacial score (nSPS) is 19.4. The summed E-state index contributed by atoms with van der Waals surface area (Å²) < 4.78 is 5.06. The number of phenolic OH excluding ortho intramolecular Hbond substituents is 1. The average Bonchev–Trinajstić information content (AvgIpc) is 2.27. The van der Waals surface area contributed by atoms with Crippen molar-refractivity contribution in [2.45, 2.75) is 25.3 Å². The minimum absolute atomic E-state index is 0.356. The van der Waals surface area contributed by atoms with Gasteiger partial charge in [0.2, 0.25) is 0 Å². The predicted octanol–water partition coefficient (Wildman–Crippen LogP) is 2.16. The molecule has 1 unspecified atom stereocenters. The molecule has 0 aliphatic carbocycles. The number of aryl methyl sites for hydroxylation is 1. The number of methoxy groups -OCH3 is 1. The van der Waals surface area contributed by atoms with Crippen molar-refractivity contribution in [2.75, 3.05) is 19.0 Å². The van der Waals surface area contributed by atoms with Crippen LogP contribution in [0.5, 0.6) is 5.75 Å². The van der Waals surface area contributed by atoms with E-state index in [1.165, 1.54) is 5.56 Å². The van der Waals surface area contributed by atoms with Crippen molar-refractivity contribution in [1.29, 1.82) is 0 Å². The number of hydrogen-bond acceptors (Lipinski definition) is 3. The van der Waals surface area contributed by atoms with Crippen molar-refractivity contribution in [1.82, 2.24) is 0 Å². The number of fused-ring (bicyclic) bond motifs is 1. The Kier molecular flexibility index (Phi) is 3.11. The van der Waals surface area contributed by atoms with Crippen LogP contribution in [0.25, 0.3) is 0 Å². The molecule has 82 valence electrons. The van der Waals surface area contributed by atoms with Crippen LogP contribution in [0, 0.1) is 0 Å². The van der Waals surface area contributed by atoms with E-state index in [4.69, 9.17) is 4.74 Å². The Morgan fingerprint density at radius 1 is 1.53 bits per heavy atom. The molecule has 0 spiro atoms. The second-order valence-electron chi connectivity index (χ2n) is 3.97. The van der Waals surface area contributed by atoms with E-state index in [1.807, 2.05) is 6.07 Å². The molecule has 3 nitrogen and oxygen atoms in total. The van der Waals surface area contributed by atoms with Gasteiger partial charge in [0.05, 0.1) is 5.69 Å². The number of para-hydroxylation sites is 1. The van der Waals surface area contributed by atoms with Crippen molar-refractivity contribution in [3.05, 3.63) is 23.8 Å². The maximum Gasteiger partial charge on any atom is 0.138 e. The summed E-state index contributed by atoms with van der Waals surface area (Å²) in [5.74, 6) is 0.356. The fourth-order valence-corrected chi connectivity index (χ4v) is 2.04. The van der Waals surface area contributed by atoms with E-state index in [-0.39, 0.29) is 0 Å². The lowest BCUT2D eigenvalue weighted by Crippen LogP contribution is -2.26. The predicted molar refractivity (Wildman–Crippen MR) is 60.3 cm³/mol. The van der Waals surface area contributed by atoms with Crippen molar-refractivity contribution in [2.24, 2.45) is 0 Å². The van der Waals surface area contributed by atoms with Crippen LogP contribution in [0.15, 0.2) is 18.2 Å². The summed E-state index contributed by atoms with van der Waals surface area (Å²) >= 11 is 0. The number of ether oxygens (including phenoxy) is 1. The van der Waals surface area contributed by atoms with Crippen molar-refractivity contribution >= 4 is 5.69 Å². The summed E-state index contributed by atoms with van der Waals surface area (Å²) in [6.45, 7) is 0.764. The first-order valence-corrected chi connectivity index (χ1v) is 5.37. The van der Waals surface area contributed by atoms with Crippen LogP contribution in [0.1, 0.15) is 18.4 Å². The number of phenols is 1. The average molecular weight is 207 g/mol. The molecule has 1 aromatic rings. The number of benzene rings is 1. The van der Waals surface area contributed by atoms with E-state index >= 15 is 0 Å². The highest BCUT2D eigenvalue weighted by Gasteiger charge is 2.19. The zero-order valence-electron chi connectivity index (χ0n) is 8.99. The molecule has 0 bridgehead atoms. The Balaban J connectivity index is 2.08. The summed E-state index contributed by atoms with van der Waals surface area (Å²) in [6, 6.07) is 6.11. The minimum Gasteiger partial charge on any atom is -0.506 e. The zero-order valence-corrected chi connectivity index (χ0v) is 8.99. The summed E-state index contributed by atoms with van der Waals surface area (Å²) in [5, 5.41) is 13.1. The third kappa shape index (κ3) is 2.23. The molecule has 1 atom stereocenters. The largest absolute Gasteiger partial charge is 0.506 e. The first-order chi connectivity index (χ1) is 7.31. The third-order valence-corrected chi connectivity index (χ3v) is 2.91. The van der Waals surface area contributed by atoms with Gasteiger partial charge < -0.3 is 15.2 Å². The van der Waals surface area contributed by atoms with Gasteiger partial charge in [-0.2, -0.15) is 0 Å². The lowest BCUT2D eigenvalue weighted by atomic mass is 9.96. The molecule has 0 aromatic heterocycles. The van der Waals surface area contributed by atoms with E-state index in [2.05, 4.69) is 11.4 Å². The van der Waals surface area contributed by atoms with E-state index in [1.54, 1.807) is 13.2 Å². The lowest BCUT2D eigenvalue weighted by molar-refractivity contribution is 0.188. The van der Waals surface area contributed by atoms with E-state index in [0.717, 1.165) is 31.6 Å². The van der Waals surface area contributed by atoms with Gasteiger partial charge in [-0.05, 0) is 30.9 Å². The monoisotopic (exact) mass is 207 g/mol. The molecule has 1 aromatic carbocycles. The molecule has 2 rings (SSSR count). The highest BCUT2D eigenvalue weighted by atomic mass is 16.5. The molecule has 1 heterocycles. The molecule has 0 fully saturated rings. The molecule has 2 N–H and O–H groups in total. The highest BCUT2D eigenvalue weighted by Crippen LogP contribution is 2.33. The topological polar surface area (TPSA) is 41.5 Å². The maximum absolute atomic E-state index is 9.71. The van der Waals surface area contributed by atoms with Gasteiger partial charge in [-0.25, -0.2) is 0 Å². The molecule has 0 amide bonds. The number of anilines is 1. The molecular formula is C12H17NO2. The summed E-state index contributed by atoms with van der Waals surface area (Å²) in [4.78, 5) is 0. The Morgan fingerprint density at radius 3 is 3.20 bits per heavy atom. The van der Waals surface area contributed by atoms with Crippen LogP contribution >= 0.6 is 0 Å². The standard InChI is InChI=1S/C12H17NO2/c1-15-8-7-10-6-5-9-3-2-4-11(14)12(9)13-10/h2-4,10,13-14H,5-8H2,1H3. The molecule has 0 radical (unpaired) electrons. The highest BCUT2D eigenvalue weighted by molar-refractivity contribution is 5.63. The van der Waals surface area contributed by atoms with Gasteiger partial charge in [-0.1, -0.05) is 12.1 Å². The fourth-order valence-electron chi connectivity index (χ4n) is 2.04. The smallest absolute Gasteiger partial charge is 0.138 e. The number of hydrogen-bond donors (Lipinski definition) is 2. The lowest BCUT2D eigenvalue weighted by Gasteiger charge is -2.27. The molecule has 3 heteroatoms. The van der Waals surface area contributed by atoms with Crippen molar-refractivity contribution in [3.8, 4) is 5.75 Å². The number of nitrogens with one attached hydrogen (secondary N) is 1. The Hall–Kier alpha value is -1.22. The van der Waals surface area contributed by atoms with E-state index in [9.17, 15) is 5.11 Å². The Bertz CT molecular complexity index is 338. The van der Waals surface area contributed by atoms with Gasteiger partial charge in [0, 0.05) is 19.8 Å². The second kappa shape index (κ2) is 4.53. The zero-order chi connectivity index (χ0) is 10.7. The van der Waals surface area contributed by atoms with Crippen molar-refractivity contribution in [3.63, 3.8) is 0 Å². The first kappa shape index (κ1) is 10.3. The molecule has 1 aliphatic rings. The van der Waals surface area contributed by atoms with Gasteiger partial charge in [-0.3, -0.25) is 0 Å². The third-order valence-electron chi connectivity index (χ3n) is 2.91. The fraction of sp³-hybridized carbons (Fsp3) is 0.500. The molecule has 0 saturated heterocycles. The maximum atomic E-state index is 9.71. The number of rotatable bonds is 3. The van der Waals surface area contributed by atoms with E-state index in [0.29, 0.717) is 11.8 Å². The van der Waals surface area contributed by atoms with Crippen LogP contribution in [0.2, 0.25) is 0 Å². The summed E-state index contributed by atoms with van der Waals surface area (Å²) in [7, 11) is 1.72. The second-order valence-corrected chi connectivity index (χ2v) is 3.97. The van der Waals surface area contributed by atoms with Gasteiger partial charge in [0.15, 0.2) is 0 Å².